The molecule has 20 heavy (non-hydrogen) atoms. The highest BCUT2D eigenvalue weighted by molar-refractivity contribution is 6.31. The molecule has 0 spiro atoms. The number of unbranched alkanes of at least 4 members (excludes halogenated alkanes) is 1. The van der Waals surface area contributed by atoms with E-state index in [-0.39, 0.29) is 23.0 Å². The Morgan fingerprint density at radius 2 is 1.95 bits per heavy atom. The Bertz CT molecular complexity index is 427. The number of nitrogens with two attached hydrogens (primary N) is 1. The molecule has 1 rings (SSSR count). The van der Waals surface area contributed by atoms with Gasteiger partial charge in [-0.3, -0.25) is 0 Å². The summed E-state index contributed by atoms with van der Waals surface area (Å²) in [5.41, 5.74) is 5.09. The highest BCUT2D eigenvalue weighted by Crippen LogP contribution is 2.36. The normalized spacial score (nSPS) is 14.6. The van der Waals surface area contributed by atoms with Gasteiger partial charge in [0.2, 0.25) is 0 Å². The van der Waals surface area contributed by atoms with Gasteiger partial charge in [0, 0.05) is 0 Å². The van der Waals surface area contributed by atoms with E-state index in [0.717, 1.165) is 25.0 Å². The van der Waals surface area contributed by atoms with E-state index in [1.54, 1.807) is 0 Å². The van der Waals surface area contributed by atoms with Crippen molar-refractivity contribution in [2.75, 3.05) is 0 Å². The number of aliphatic hydroxyl groups excluding tert-OH is 1. The predicted octanol–water partition coefficient (Wildman–Crippen LogP) is 4.33. The molecule has 0 aromatic heterocycles. The third kappa shape index (κ3) is 5.13. The molecule has 0 saturated carbocycles. The van der Waals surface area contributed by atoms with Crippen LogP contribution in [0.2, 0.25) is 5.02 Å². The molecular formula is C13H18Cl2F3NO. The lowest BCUT2D eigenvalue weighted by molar-refractivity contribution is -0.137. The second-order valence-corrected chi connectivity index (χ2v) is 4.88. The van der Waals surface area contributed by atoms with Crippen LogP contribution < -0.4 is 5.73 Å². The first-order valence-electron chi connectivity index (χ1n) is 6.07. The van der Waals surface area contributed by atoms with Crippen molar-refractivity contribution in [3.8, 4) is 0 Å². The lowest BCUT2D eigenvalue weighted by atomic mass is 9.97. The van der Waals surface area contributed by atoms with Gasteiger partial charge in [-0.1, -0.05) is 37.4 Å². The molecule has 0 fully saturated rings. The topological polar surface area (TPSA) is 46.2 Å². The average Bonchev–Trinajstić information content (AvgIpc) is 2.34. The summed E-state index contributed by atoms with van der Waals surface area (Å²) in [4.78, 5) is 0. The molecule has 116 valence electrons. The van der Waals surface area contributed by atoms with Crippen LogP contribution >= 0.6 is 24.0 Å². The van der Waals surface area contributed by atoms with Crippen molar-refractivity contribution in [3.05, 3.63) is 34.3 Å². The van der Waals surface area contributed by atoms with E-state index in [2.05, 4.69) is 0 Å². The standard InChI is InChI=1S/C13H17ClF3NO.ClH/c1-2-3-4-11(19)12(18)8-5-6-10(14)9(7-8)13(15,16)17;/h5-7,11-12,19H,2-4,18H2,1H3;1H/t11-,12+;/m0./s1. The van der Waals surface area contributed by atoms with Crippen LogP contribution in [-0.2, 0) is 6.18 Å². The van der Waals surface area contributed by atoms with E-state index >= 15 is 0 Å². The molecule has 3 N–H and O–H groups in total. The zero-order valence-electron chi connectivity index (χ0n) is 11.0. The third-order valence-electron chi connectivity index (χ3n) is 2.95. The monoisotopic (exact) mass is 331 g/mol. The lowest BCUT2D eigenvalue weighted by Gasteiger charge is -2.20. The van der Waals surface area contributed by atoms with Crippen LogP contribution in [0.25, 0.3) is 0 Å². The van der Waals surface area contributed by atoms with Gasteiger partial charge in [0.05, 0.1) is 22.7 Å². The molecule has 1 aromatic carbocycles. The number of benzene rings is 1. The number of rotatable bonds is 5. The van der Waals surface area contributed by atoms with Crippen LogP contribution in [0.4, 0.5) is 13.2 Å². The zero-order chi connectivity index (χ0) is 14.6. The minimum absolute atomic E-state index is 0. The van der Waals surface area contributed by atoms with Crippen LogP contribution in [0.3, 0.4) is 0 Å². The molecule has 0 amide bonds. The quantitative estimate of drug-likeness (QED) is 0.843. The van der Waals surface area contributed by atoms with E-state index in [9.17, 15) is 18.3 Å². The van der Waals surface area contributed by atoms with Crippen LogP contribution in [0, 0.1) is 0 Å². The molecule has 1 aromatic rings. The smallest absolute Gasteiger partial charge is 0.391 e. The summed E-state index contributed by atoms with van der Waals surface area (Å²) in [6.45, 7) is 1.96. The van der Waals surface area contributed by atoms with Crippen molar-refractivity contribution in [1.29, 1.82) is 0 Å². The molecule has 0 aliphatic heterocycles. The molecule has 2 nitrogen and oxygen atoms in total. The zero-order valence-corrected chi connectivity index (χ0v) is 12.5. The Kier molecular flexibility index (Phi) is 7.88. The average molecular weight is 332 g/mol. The fraction of sp³-hybridized carbons (Fsp3) is 0.538. The maximum atomic E-state index is 12.7. The van der Waals surface area contributed by atoms with E-state index in [0.29, 0.717) is 6.42 Å². The van der Waals surface area contributed by atoms with E-state index in [1.807, 2.05) is 6.92 Å². The first-order valence-corrected chi connectivity index (χ1v) is 6.45. The third-order valence-corrected chi connectivity index (χ3v) is 3.28. The Labute approximate surface area is 127 Å². The minimum atomic E-state index is -4.53. The molecule has 0 radical (unpaired) electrons. The van der Waals surface area contributed by atoms with Crippen molar-refractivity contribution < 1.29 is 18.3 Å². The van der Waals surface area contributed by atoms with Gasteiger partial charge in [-0.25, -0.2) is 0 Å². The van der Waals surface area contributed by atoms with Gasteiger partial charge in [-0.15, -0.1) is 12.4 Å². The van der Waals surface area contributed by atoms with Crippen molar-refractivity contribution in [1.82, 2.24) is 0 Å². The highest BCUT2D eigenvalue weighted by Gasteiger charge is 2.34. The summed E-state index contributed by atoms with van der Waals surface area (Å²) < 4.78 is 38.1. The second kappa shape index (κ2) is 8.08. The van der Waals surface area contributed by atoms with E-state index in [4.69, 9.17) is 17.3 Å². The van der Waals surface area contributed by atoms with Crippen molar-refractivity contribution in [2.45, 2.75) is 44.5 Å². The number of aliphatic hydroxyl groups is 1. The van der Waals surface area contributed by atoms with E-state index < -0.39 is 23.9 Å². The Morgan fingerprint density at radius 1 is 1.35 bits per heavy atom. The summed E-state index contributed by atoms with van der Waals surface area (Å²) in [5, 5.41) is 9.46. The van der Waals surface area contributed by atoms with Gasteiger partial charge in [0.15, 0.2) is 0 Å². The summed E-state index contributed by atoms with van der Waals surface area (Å²) in [6, 6.07) is 2.64. The van der Waals surface area contributed by atoms with Crippen LogP contribution in [0.1, 0.15) is 43.4 Å². The number of hydrogen-bond donors (Lipinski definition) is 2. The largest absolute Gasteiger partial charge is 0.417 e. The minimum Gasteiger partial charge on any atom is -0.391 e. The summed E-state index contributed by atoms with van der Waals surface area (Å²) in [7, 11) is 0. The van der Waals surface area contributed by atoms with Crippen molar-refractivity contribution in [3.63, 3.8) is 0 Å². The lowest BCUT2D eigenvalue weighted by Crippen LogP contribution is -2.26. The summed E-state index contributed by atoms with van der Waals surface area (Å²) >= 11 is 5.53. The van der Waals surface area contributed by atoms with Gasteiger partial charge in [0.1, 0.15) is 0 Å². The van der Waals surface area contributed by atoms with E-state index in [1.165, 1.54) is 6.07 Å². The summed E-state index contributed by atoms with van der Waals surface area (Å²) in [5.74, 6) is 0. The molecule has 0 aliphatic carbocycles. The molecule has 0 saturated heterocycles. The molecule has 0 unspecified atom stereocenters. The summed E-state index contributed by atoms with van der Waals surface area (Å²) in [6.07, 6.45) is -3.27. The number of alkyl halides is 3. The number of halogens is 5. The van der Waals surface area contributed by atoms with Gasteiger partial charge >= 0.3 is 6.18 Å². The molecular weight excluding hydrogens is 314 g/mol. The SMILES string of the molecule is CCCC[C@H](O)[C@H](N)c1ccc(Cl)c(C(F)(F)F)c1.Cl. The second-order valence-electron chi connectivity index (χ2n) is 4.47. The highest BCUT2D eigenvalue weighted by atomic mass is 35.5. The molecule has 7 heteroatoms. The first-order chi connectivity index (χ1) is 8.77. The Balaban J connectivity index is 0.00000361. The van der Waals surface area contributed by atoms with Gasteiger partial charge in [-0.2, -0.15) is 13.2 Å². The Hall–Kier alpha value is -0.490. The molecule has 2 atom stereocenters. The fourth-order valence-corrected chi connectivity index (χ4v) is 2.01. The predicted molar refractivity (Wildman–Crippen MR) is 76.2 cm³/mol. The fourth-order valence-electron chi connectivity index (χ4n) is 1.78. The van der Waals surface area contributed by atoms with Gasteiger partial charge in [0.25, 0.3) is 0 Å². The van der Waals surface area contributed by atoms with Crippen LogP contribution in [0.15, 0.2) is 18.2 Å². The Morgan fingerprint density at radius 3 is 2.45 bits per heavy atom. The van der Waals surface area contributed by atoms with Gasteiger partial charge < -0.3 is 10.8 Å². The van der Waals surface area contributed by atoms with Crippen LogP contribution in [-0.4, -0.2) is 11.2 Å². The van der Waals surface area contributed by atoms with Crippen LogP contribution in [0.5, 0.6) is 0 Å². The van der Waals surface area contributed by atoms with Gasteiger partial charge in [-0.05, 0) is 24.1 Å². The first kappa shape index (κ1) is 19.5. The molecule has 0 aliphatic rings. The molecule has 0 bridgehead atoms. The van der Waals surface area contributed by atoms with Crippen molar-refractivity contribution in [2.24, 2.45) is 5.73 Å². The maximum Gasteiger partial charge on any atom is 0.417 e. The van der Waals surface area contributed by atoms with Crippen molar-refractivity contribution >= 4 is 24.0 Å². The number of hydrogen-bond acceptors (Lipinski definition) is 2. The maximum absolute atomic E-state index is 12.7. The molecule has 0 heterocycles.